The van der Waals surface area contributed by atoms with Crippen molar-refractivity contribution in [3.8, 4) is 5.75 Å². The normalized spacial score (nSPS) is 11.1. The molecule has 1 rings (SSSR count). The van der Waals surface area contributed by atoms with E-state index in [9.17, 15) is 9.59 Å². The lowest BCUT2D eigenvalue weighted by atomic mass is 10.1. The Bertz CT molecular complexity index is 504. The number of hydrogen-bond donors (Lipinski definition) is 2. The molecule has 0 aliphatic rings. The van der Waals surface area contributed by atoms with Crippen molar-refractivity contribution in [2.24, 2.45) is 5.92 Å². The van der Waals surface area contributed by atoms with Crippen LogP contribution in [0.5, 0.6) is 5.75 Å². The van der Waals surface area contributed by atoms with Crippen LogP contribution in [0.25, 0.3) is 0 Å². The van der Waals surface area contributed by atoms with Crippen LogP contribution < -0.4 is 15.4 Å². The number of anilines is 1. The third kappa shape index (κ3) is 6.79. The van der Waals surface area contributed by atoms with Crippen LogP contribution in [0.3, 0.4) is 0 Å². The standard InChI is InChI=1S/C16H24N2O3/c1-11(2)15(20)17-12-7-6-8-13(9-12)21-10-14(19)18-16(3,4)5/h6-9,11H,10H2,1-5H3,(H,17,20)(H,18,19). The lowest BCUT2D eigenvalue weighted by Crippen LogP contribution is -2.43. The van der Waals surface area contributed by atoms with Gasteiger partial charge in [-0.05, 0) is 32.9 Å². The van der Waals surface area contributed by atoms with Gasteiger partial charge in [0.1, 0.15) is 5.75 Å². The highest BCUT2D eigenvalue weighted by molar-refractivity contribution is 5.92. The zero-order valence-corrected chi connectivity index (χ0v) is 13.3. The van der Waals surface area contributed by atoms with Crippen LogP contribution in [-0.2, 0) is 9.59 Å². The predicted molar refractivity (Wildman–Crippen MR) is 83.3 cm³/mol. The summed E-state index contributed by atoms with van der Waals surface area (Å²) >= 11 is 0. The first kappa shape index (κ1) is 17.0. The Morgan fingerprint density at radius 2 is 1.90 bits per heavy atom. The Morgan fingerprint density at radius 3 is 2.48 bits per heavy atom. The van der Waals surface area contributed by atoms with Gasteiger partial charge in [0.2, 0.25) is 5.91 Å². The number of hydrogen-bond acceptors (Lipinski definition) is 3. The van der Waals surface area contributed by atoms with Crippen LogP contribution in [0.1, 0.15) is 34.6 Å². The van der Waals surface area contributed by atoms with Crippen molar-refractivity contribution >= 4 is 17.5 Å². The van der Waals surface area contributed by atoms with E-state index in [1.165, 1.54) is 0 Å². The first-order valence-electron chi connectivity index (χ1n) is 7.02. The van der Waals surface area contributed by atoms with Gasteiger partial charge >= 0.3 is 0 Å². The summed E-state index contributed by atoms with van der Waals surface area (Å²) in [6, 6.07) is 7.00. The van der Waals surface area contributed by atoms with Crippen molar-refractivity contribution in [3.05, 3.63) is 24.3 Å². The van der Waals surface area contributed by atoms with Crippen LogP contribution in [0.4, 0.5) is 5.69 Å². The number of nitrogens with one attached hydrogen (secondary N) is 2. The molecule has 0 saturated carbocycles. The van der Waals surface area contributed by atoms with Gasteiger partial charge in [0.15, 0.2) is 6.61 Å². The molecule has 0 bridgehead atoms. The third-order valence-corrected chi connectivity index (χ3v) is 2.51. The largest absolute Gasteiger partial charge is 0.484 e. The second kappa shape index (κ2) is 7.11. The topological polar surface area (TPSA) is 67.4 Å². The number of carbonyl (C=O) groups is 2. The molecule has 116 valence electrons. The second-order valence-electron chi connectivity index (χ2n) is 6.26. The summed E-state index contributed by atoms with van der Waals surface area (Å²) in [5.74, 6) is 0.212. The van der Waals surface area contributed by atoms with Crippen molar-refractivity contribution in [1.82, 2.24) is 5.32 Å². The molecular formula is C16H24N2O3. The van der Waals surface area contributed by atoms with Gasteiger partial charge < -0.3 is 15.4 Å². The van der Waals surface area contributed by atoms with E-state index < -0.39 is 0 Å². The molecule has 0 spiro atoms. The molecule has 1 aromatic rings. The van der Waals surface area contributed by atoms with Crippen LogP contribution in [-0.4, -0.2) is 24.0 Å². The minimum atomic E-state index is -0.284. The monoisotopic (exact) mass is 292 g/mol. The average Bonchev–Trinajstić information content (AvgIpc) is 2.34. The van der Waals surface area contributed by atoms with Crippen molar-refractivity contribution < 1.29 is 14.3 Å². The van der Waals surface area contributed by atoms with Gasteiger partial charge in [0.05, 0.1) is 0 Å². The van der Waals surface area contributed by atoms with E-state index in [1.807, 2.05) is 34.6 Å². The number of benzene rings is 1. The Balaban J connectivity index is 2.57. The SMILES string of the molecule is CC(C)C(=O)Nc1cccc(OCC(=O)NC(C)(C)C)c1. The molecule has 0 atom stereocenters. The van der Waals surface area contributed by atoms with Gasteiger partial charge in [-0.3, -0.25) is 9.59 Å². The Kier molecular flexibility index (Phi) is 5.76. The van der Waals surface area contributed by atoms with Gasteiger partial charge in [0.25, 0.3) is 5.91 Å². The van der Waals surface area contributed by atoms with E-state index in [0.29, 0.717) is 11.4 Å². The smallest absolute Gasteiger partial charge is 0.258 e. The van der Waals surface area contributed by atoms with Crippen LogP contribution in [0.15, 0.2) is 24.3 Å². The summed E-state index contributed by atoms with van der Waals surface area (Å²) in [5.41, 5.74) is 0.371. The third-order valence-electron chi connectivity index (χ3n) is 2.51. The number of rotatable bonds is 5. The first-order chi connectivity index (χ1) is 9.67. The first-order valence-corrected chi connectivity index (χ1v) is 7.02. The molecule has 21 heavy (non-hydrogen) atoms. The maximum atomic E-state index is 11.7. The van der Waals surface area contributed by atoms with Crippen molar-refractivity contribution in [1.29, 1.82) is 0 Å². The molecule has 2 amide bonds. The number of ether oxygens (including phenoxy) is 1. The molecule has 0 fully saturated rings. The molecule has 0 heterocycles. The van der Waals surface area contributed by atoms with Crippen molar-refractivity contribution in [3.63, 3.8) is 0 Å². The lowest BCUT2D eigenvalue weighted by molar-refractivity contribution is -0.124. The van der Waals surface area contributed by atoms with Crippen LogP contribution in [0, 0.1) is 5.92 Å². The highest BCUT2D eigenvalue weighted by Gasteiger charge is 2.14. The molecule has 1 aromatic carbocycles. The fraction of sp³-hybridized carbons (Fsp3) is 0.500. The average molecular weight is 292 g/mol. The Morgan fingerprint density at radius 1 is 1.24 bits per heavy atom. The van der Waals surface area contributed by atoms with E-state index >= 15 is 0 Å². The van der Waals surface area contributed by atoms with Crippen LogP contribution in [0.2, 0.25) is 0 Å². The zero-order chi connectivity index (χ0) is 16.0. The molecule has 0 unspecified atom stereocenters. The molecule has 0 aliphatic heterocycles. The van der Waals surface area contributed by atoms with E-state index in [2.05, 4.69) is 10.6 Å². The second-order valence-corrected chi connectivity index (χ2v) is 6.26. The lowest BCUT2D eigenvalue weighted by Gasteiger charge is -2.20. The fourth-order valence-corrected chi connectivity index (χ4v) is 1.55. The van der Waals surface area contributed by atoms with Gasteiger partial charge in [-0.2, -0.15) is 0 Å². The van der Waals surface area contributed by atoms with E-state index in [1.54, 1.807) is 24.3 Å². The fourth-order valence-electron chi connectivity index (χ4n) is 1.55. The van der Waals surface area contributed by atoms with Gasteiger partial charge in [-0.15, -0.1) is 0 Å². The zero-order valence-electron chi connectivity index (χ0n) is 13.3. The number of carbonyl (C=O) groups excluding carboxylic acids is 2. The molecule has 0 aliphatic carbocycles. The quantitative estimate of drug-likeness (QED) is 0.876. The maximum Gasteiger partial charge on any atom is 0.258 e. The Labute approximate surface area is 126 Å². The summed E-state index contributed by atoms with van der Waals surface area (Å²) in [6.45, 7) is 9.32. The van der Waals surface area contributed by atoms with Crippen molar-refractivity contribution in [2.45, 2.75) is 40.2 Å². The molecule has 2 N–H and O–H groups in total. The highest BCUT2D eigenvalue weighted by atomic mass is 16.5. The summed E-state index contributed by atoms with van der Waals surface area (Å²) in [7, 11) is 0. The predicted octanol–water partition coefficient (Wildman–Crippen LogP) is 2.57. The minimum Gasteiger partial charge on any atom is -0.484 e. The van der Waals surface area contributed by atoms with Gasteiger partial charge in [-0.25, -0.2) is 0 Å². The maximum absolute atomic E-state index is 11.7. The summed E-state index contributed by atoms with van der Waals surface area (Å²) in [6.07, 6.45) is 0. The van der Waals surface area contributed by atoms with Crippen molar-refractivity contribution in [2.75, 3.05) is 11.9 Å². The highest BCUT2D eigenvalue weighted by Crippen LogP contribution is 2.18. The summed E-state index contributed by atoms with van der Waals surface area (Å²) in [4.78, 5) is 23.3. The molecule has 5 heteroatoms. The number of amides is 2. The van der Waals surface area contributed by atoms with E-state index in [4.69, 9.17) is 4.74 Å². The minimum absolute atomic E-state index is 0.0567. The van der Waals surface area contributed by atoms with Crippen LogP contribution >= 0.6 is 0 Å². The Hall–Kier alpha value is -2.04. The molecular weight excluding hydrogens is 268 g/mol. The molecule has 0 radical (unpaired) electrons. The van der Waals surface area contributed by atoms with Gasteiger partial charge in [0, 0.05) is 23.2 Å². The molecule has 5 nitrogen and oxygen atoms in total. The van der Waals surface area contributed by atoms with E-state index in [-0.39, 0.29) is 29.9 Å². The molecule has 0 saturated heterocycles. The van der Waals surface area contributed by atoms with Gasteiger partial charge in [-0.1, -0.05) is 19.9 Å². The van der Waals surface area contributed by atoms with E-state index in [0.717, 1.165) is 0 Å². The summed E-state index contributed by atoms with van der Waals surface area (Å²) < 4.78 is 5.43. The molecule has 0 aromatic heterocycles. The summed E-state index contributed by atoms with van der Waals surface area (Å²) in [5, 5.41) is 5.61.